The van der Waals surface area contributed by atoms with Crippen LogP contribution in [0.25, 0.3) is 5.82 Å². The molecule has 0 aliphatic carbocycles. The standard InChI is InChI=1S/C12H14BrN3/c1-4-11-8(2)15-16(9(11)3)12-6-5-10(13)7-14-12/h5-7H,4H2,1-3H3. The number of aryl methyl sites for hydroxylation is 1. The third kappa shape index (κ3) is 1.89. The highest BCUT2D eigenvalue weighted by molar-refractivity contribution is 9.10. The zero-order chi connectivity index (χ0) is 11.7. The first-order valence-corrected chi connectivity index (χ1v) is 6.09. The Morgan fingerprint density at radius 3 is 2.56 bits per heavy atom. The smallest absolute Gasteiger partial charge is 0.153 e. The van der Waals surface area contributed by atoms with E-state index in [1.165, 1.54) is 11.3 Å². The van der Waals surface area contributed by atoms with Gasteiger partial charge in [-0.15, -0.1) is 0 Å². The maximum absolute atomic E-state index is 4.52. The lowest BCUT2D eigenvalue weighted by Gasteiger charge is -2.03. The molecule has 0 unspecified atom stereocenters. The lowest BCUT2D eigenvalue weighted by molar-refractivity contribution is 0.804. The quantitative estimate of drug-likeness (QED) is 0.845. The monoisotopic (exact) mass is 279 g/mol. The van der Waals surface area contributed by atoms with Gasteiger partial charge in [0.05, 0.1) is 5.69 Å². The first kappa shape index (κ1) is 11.3. The summed E-state index contributed by atoms with van der Waals surface area (Å²) < 4.78 is 2.88. The van der Waals surface area contributed by atoms with Crippen LogP contribution in [0.1, 0.15) is 23.9 Å². The fraction of sp³-hybridized carbons (Fsp3) is 0.333. The molecule has 2 aromatic rings. The van der Waals surface area contributed by atoms with Crippen molar-refractivity contribution >= 4 is 15.9 Å². The summed E-state index contributed by atoms with van der Waals surface area (Å²) in [6.45, 7) is 6.28. The Labute approximate surface area is 104 Å². The van der Waals surface area contributed by atoms with E-state index in [2.05, 4.69) is 39.9 Å². The first-order chi connectivity index (χ1) is 7.63. The van der Waals surface area contributed by atoms with E-state index >= 15 is 0 Å². The molecule has 0 saturated carbocycles. The van der Waals surface area contributed by atoms with Gasteiger partial charge in [0.25, 0.3) is 0 Å². The van der Waals surface area contributed by atoms with Crippen LogP contribution in [0.4, 0.5) is 0 Å². The SMILES string of the molecule is CCc1c(C)nn(-c2ccc(Br)cn2)c1C. The summed E-state index contributed by atoms with van der Waals surface area (Å²) in [5, 5.41) is 4.52. The lowest BCUT2D eigenvalue weighted by Crippen LogP contribution is -2.01. The van der Waals surface area contributed by atoms with Gasteiger partial charge < -0.3 is 0 Å². The van der Waals surface area contributed by atoms with E-state index in [9.17, 15) is 0 Å². The van der Waals surface area contributed by atoms with Gasteiger partial charge in [0.15, 0.2) is 5.82 Å². The van der Waals surface area contributed by atoms with E-state index in [0.29, 0.717) is 0 Å². The molecule has 0 spiro atoms. The summed E-state index contributed by atoms with van der Waals surface area (Å²) in [6.07, 6.45) is 2.80. The van der Waals surface area contributed by atoms with Crippen LogP contribution in [0, 0.1) is 13.8 Å². The van der Waals surface area contributed by atoms with Crippen molar-refractivity contribution in [1.82, 2.24) is 14.8 Å². The largest absolute Gasteiger partial charge is 0.236 e. The van der Waals surface area contributed by atoms with E-state index in [4.69, 9.17) is 0 Å². The Balaban J connectivity index is 2.52. The number of pyridine rings is 1. The van der Waals surface area contributed by atoms with Crippen molar-refractivity contribution in [1.29, 1.82) is 0 Å². The summed E-state index contributed by atoms with van der Waals surface area (Å²) in [6, 6.07) is 3.94. The molecule has 0 aliphatic rings. The molecular weight excluding hydrogens is 266 g/mol. The van der Waals surface area contributed by atoms with Gasteiger partial charge >= 0.3 is 0 Å². The topological polar surface area (TPSA) is 30.7 Å². The van der Waals surface area contributed by atoms with Crippen molar-refractivity contribution in [3.8, 4) is 5.82 Å². The van der Waals surface area contributed by atoms with Crippen molar-refractivity contribution in [2.24, 2.45) is 0 Å². The second kappa shape index (κ2) is 4.37. The number of aromatic nitrogens is 3. The van der Waals surface area contributed by atoms with Crippen LogP contribution >= 0.6 is 15.9 Å². The summed E-state index contributed by atoms with van der Waals surface area (Å²) in [7, 11) is 0. The fourth-order valence-corrected chi connectivity index (χ4v) is 2.14. The Morgan fingerprint density at radius 2 is 2.06 bits per heavy atom. The molecule has 84 valence electrons. The number of halogens is 1. The molecule has 4 heteroatoms. The molecule has 2 aromatic heterocycles. The van der Waals surface area contributed by atoms with E-state index in [-0.39, 0.29) is 0 Å². The maximum atomic E-state index is 4.52. The number of rotatable bonds is 2. The third-order valence-electron chi connectivity index (χ3n) is 2.72. The van der Waals surface area contributed by atoms with Crippen LogP contribution in [-0.4, -0.2) is 14.8 Å². The molecule has 2 rings (SSSR count). The Bertz CT molecular complexity index is 500. The third-order valence-corrected chi connectivity index (χ3v) is 3.19. The molecular formula is C12H14BrN3. The molecule has 3 nitrogen and oxygen atoms in total. The molecule has 0 radical (unpaired) electrons. The molecule has 2 heterocycles. The molecule has 0 amide bonds. The van der Waals surface area contributed by atoms with Gasteiger partial charge in [0.1, 0.15) is 0 Å². The van der Waals surface area contributed by atoms with Crippen molar-refractivity contribution in [3.05, 3.63) is 39.8 Å². The van der Waals surface area contributed by atoms with Crippen LogP contribution < -0.4 is 0 Å². The molecule has 0 aliphatic heterocycles. The second-order valence-electron chi connectivity index (χ2n) is 3.75. The Kier molecular flexibility index (Phi) is 3.10. The lowest BCUT2D eigenvalue weighted by atomic mass is 10.1. The number of nitrogens with zero attached hydrogens (tertiary/aromatic N) is 3. The molecule has 16 heavy (non-hydrogen) atoms. The molecule has 0 saturated heterocycles. The highest BCUT2D eigenvalue weighted by Crippen LogP contribution is 2.18. The summed E-state index contributed by atoms with van der Waals surface area (Å²) >= 11 is 3.38. The predicted octanol–water partition coefficient (Wildman–Crippen LogP) is 3.21. The van der Waals surface area contributed by atoms with E-state index in [1.54, 1.807) is 6.20 Å². The minimum Gasteiger partial charge on any atom is -0.236 e. The van der Waals surface area contributed by atoms with Crippen molar-refractivity contribution in [2.75, 3.05) is 0 Å². The van der Waals surface area contributed by atoms with Crippen molar-refractivity contribution in [3.63, 3.8) is 0 Å². The maximum Gasteiger partial charge on any atom is 0.153 e. The second-order valence-corrected chi connectivity index (χ2v) is 4.67. The Hall–Kier alpha value is -1.16. The van der Waals surface area contributed by atoms with Gasteiger partial charge in [-0.25, -0.2) is 9.67 Å². The normalized spacial score (nSPS) is 10.8. The van der Waals surface area contributed by atoms with Gasteiger partial charge in [-0.1, -0.05) is 6.92 Å². The van der Waals surface area contributed by atoms with Gasteiger partial charge in [-0.2, -0.15) is 5.10 Å². The average Bonchev–Trinajstić information content (AvgIpc) is 2.55. The molecule has 0 atom stereocenters. The van der Waals surface area contributed by atoms with Crippen LogP contribution in [0.15, 0.2) is 22.8 Å². The van der Waals surface area contributed by atoms with Crippen molar-refractivity contribution in [2.45, 2.75) is 27.2 Å². The summed E-state index contributed by atoms with van der Waals surface area (Å²) in [5.41, 5.74) is 3.57. The van der Waals surface area contributed by atoms with Crippen LogP contribution in [0.3, 0.4) is 0 Å². The average molecular weight is 280 g/mol. The number of hydrogen-bond donors (Lipinski definition) is 0. The van der Waals surface area contributed by atoms with Crippen LogP contribution in [-0.2, 0) is 6.42 Å². The van der Waals surface area contributed by atoms with Gasteiger partial charge in [-0.3, -0.25) is 0 Å². The molecule has 0 N–H and O–H groups in total. The van der Waals surface area contributed by atoms with Crippen molar-refractivity contribution < 1.29 is 0 Å². The highest BCUT2D eigenvalue weighted by atomic mass is 79.9. The van der Waals surface area contributed by atoms with Gasteiger partial charge in [0, 0.05) is 16.4 Å². The molecule has 0 fully saturated rings. The van der Waals surface area contributed by atoms with E-state index in [1.807, 2.05) is 23.7 Å². The first-order valence-electron chi connectivity index (χ1n) is 5.30. The summed E-state index contributed by atoms with van der Waals surface area (Å²) in [4.78, 5) is 4.35. The van der Waals surface area contributed by atoms with Crippen LogP contribution in [0.5, 0.6) is 0 Å². The highest BCUT2D eigenvalue weighted by Gasteiger charge is 2.11. The van der Waals surface area contributed by atoms with Crippen LogP contribution in [0.2, 0.25) is 0 Å². The Morgan fingerprint density at radius 1 is 1.31 bits per heavy atom. The zero-order valence-electron chi connectivity index (χ0n) is 9.66. The van der Waals surface area contributed by atoms with E-state index in [0.717, 1.165) is 22.4 Å². The minimum absolute atomic E-state index is 0.864. The zero-order valence-corrected chi connectivity index (χ0v) is 11.2. The predicted molar refractivity (Wildman–Crippen MR) is 67.9 cm³/mol. The van der Waals surface area contributed by atoms with Gasteiger partial charge in [-0.05, 0) is 53.9 Å². The van der Waals surface area contributed by atoms with E-state index < -0.39 is 0 Å². The fourth-order valence-electron chi connectivity index (χ4n) is 1.90. The molecule has 0 aromatic carbocycles. The number of hydrogen-bond acceptors (Lipinski definition) is 2. The minimum atomic E-state index is 0.864. The summed E-state index contributed by atoms with van der Waals surface area (Å²) in [5.74, 6) is 0.864. The van der Waals surface area contributed by atoms with Gasteiger partial charge in [0.2, 0.25) is 0 Å². The molecule has 0 bridgehead atoms.